The summed E-state index contributed by atoms with van der Waals surface area (Å²) in [5.41, 5.74) is 5.80. The van der Waals surface area contributed by atoms with Crippen molar-refractivity contribution in [2.24, 2.45) is 16.5 Å². The fourth-order valence-electron chi connectivity index (χ4n) is 10.8. The number of anilines is 2. The van der Waals surface area contributed by atoms with Gasteiger partial charge in [-0.25, -0.2) is 0 Å². The number of nitroso groups, excluding NO2 is 1. The van der Waals surface area contributed by atoms with E-state index in [2.05, 4.69) is 73.1 Å². The van der Waals surface area contributed by atoms with Gasteiger partial charge in [0.2, 0.25) is 0 Å². The van der Waals surface area contributed by atoms with E-state index in [0.717, 1.165) is 74.6 Å². The number of ether oxygens (including phenoxy) is 2. The van der Waals surface area contributed by atoms with Gasteiger partial charge in [0.15, 0.2) is 5.75 Å². The third-order valence-electron chi connectivity index (χ3n) is 14.5. The molecule has 2 saturated heterocycles. The second kappa shape index (κ2) is 18.8. The van der Waals surface area contributed by atoms with Gasteiger partial charge in [0.1, 0.15) is 17.1 Å². The molecule has 9 rings (SSSR count). The van der Waals surface area contributed by atoms with Crippen molar-refractivity contribution in [2.75, 3.05) is 49.5 Å². The highest BCUT2D eigenvalue weighted by atomic mass is 32.2. The molecule has 2 aliphatic heterocycles. The predicted octanol–water partition coefficient (Wildman–Crippen LogP) is 11.3. The Kier molecular flexibility index (Phi) is 12.9. The number of aromatic amines is 1. The number of piperidine rings is 1. The SMILES string of the molecule is CCOc1nc2[nH]ccc2cc1Oc1cc(N2CCC3(CC2)CN([C@@H]2CCC[C@@H]2c2ccccc2C(C)C)C3)ccc1C(=O)NSc1ccc(NC[C@H]2CC[C@](C)(O)CC2)c(N=O)c1. The van der Waals surface area contributed by atoms with Gasteiger partial charge in [-0.3, -0.25) is 14.4 Å². The lowest BCUT2D eigenvalue weighted by Crippen LogP contribution is -2.63. The fourth-order valence-corrected chi connectivity index (χ4v) is 11.4. The van der Waals surface area contributed by atoms with E-state index in [1.807, 2.05) is 62.5 Å². The van der Waals surface area contributed by atoms with Crippen LogP contribution in [0.15, 0.2) is 89.1 Å². The van der Waals surface area contributed by atoms with E-state index in [1.54, 1.807) is 11.6 Å². The van der Waals surface area contributed by atoms with Crippen LogP contribution < -0.4 is 24.4 Å². The molecular formula is C51H63N7O5S. The third-order valence-corrected chi connectivity index (χ3v) is 15.3. The van der Waals surface area contributed by atoms with Crippen LogP contribution in [0.25, 0.3) is 11.0 Å². The van der Waals surface area contributed by atoms with Crippen LogP contribution in [0.4, 0.5) is 17.1 Å². The van der Waals surface area contributed by atoms with Gasteiger partial charge >= 0.3 is 0 Å². The molecule has 2 aliphatic carbocycles. The summed E-state index contributed by atoms with van der Waals surface area (Å²) >= 11 is 1.12. The lowest BCUT2D eigenvalue weighted by Gasteiger charge is -2.57. The Hall–Kier alpha value is -5.11. The Labute approximate surface area is 381 Å². The molecule has 5 aromatic rings. The minimum atomic E-state index is -0.595. The average molecular weight is 886 g/mol. The molecule has 0 bridgehead atoms. The van der Waals surface area contributed by atoms with Crippen molar-refractivity contribution in [3.63, 3.8) is 0 Å². The van der Waals surface area contributed by atoms with E-state index < -0.39 is 5.60 Å². The minimum Gasteiger partial charge on any atom is -0.475 e. The van der Waals surface area contributed by atoms with Crippen LogP contribution in [0.5, 0.6) is 17.4 Å². The van der Waals surface area contributed by atoms with Gasteiger partial charge in [-0.2, -0.15) is 4.98 Å². The molecule has 64 heavy (non-hydrogen) atoms. The highest BCUT2D eigenvalue weighted by molar-refractivity contribution is 7.98. The van der Waals surface area contributed by atoms with Gasteiger partial charge in [0.25, 0.3) is 11.8 Å². The zero-order valence-electron chi connectivity index (χ0n) is 37.7. The summed E-state index contributed by atoms with van der Waals surface area (Å²) in [4.78, 5) is 39.7. The third kappa shape index (κ3) is 9.48. The topological polar surface area (TPSA) is 144 Å². The molecule has 13 heteroatoms. The van der Waals surface area contributed by atoms with Crippen molar-refractivity contribution in [1.82, 2.24) is 19.6 Å². The van der Waals surface area contributed by atoms with Crippen molar-refractivity contribution in [1.29, 1.82) is 0 Å². The molecule has 4 heterocycles. The number of carbonyl (C=O) groups is 1. The number of nitrogens with zero attached hydrogens (tertiary/aromatic N) is 4. The average Bonchev–Trinajstić information content (AvgIpc) is 3.97. The minimum absolute atomic E-state index is 0.277. The first-order valence-corrected chi connectivity index (χ1v) is 24.2. The van der Waals surface area contributed by atoms with E-state index in [1.165, 1.54) is 37.9 Å². The quantitative estimate of drug-likeness (QED) is 0.0592. The maximum Gasteiger partial charge on any atom is 0.265 e. The molecule has 12 nitrogen and oxygen atoms in total. The lowest BCUT2D eigenvalue weighted by molar-refractivity contribution is -0.0493. The summed E-state index contributed by atoms with van der Waals surface area (Å²) in [7, 11) is 0. The molecule has 2 saturated carbocycles. The summed E-state index contributed by atoms with van der Waals surface area (Å²) in [6, 6.07) is 24.8. The van der Waals surface area contributed by atoms with E-state index in [-0.39, 0.29) is 11.6 Å². The van der Waals surface area contributed by atoms with E-state index in [4.69, 9.17) is 9.47 Å². The number of benzene rings is 3. The van der Waals surface area contributed by atoms with Crippen molar-refractivity contribution in [3.8, 4) is 17.4 Å². The molecule has 0 radical (unpaired) electrons. The van der Waals surface area contributed by atoms with Crippen molar-refractivity contribution >= 4 is 46.0 Å². The van der Waals surface area contributed by atoms with Crippen LogP contribution in [-0.2, 0) is 0 Å². The lowest BCUT2D eigenvalue weighted by atomic mass is 9.70. The molecule has 3 aromatic carbocycles. The van der Waals surface area contributed by atoms with Crippen LogP contribution in [0, 0.1) is 16.2 Å². The van der Waals surface area contributed by atoms with Gasteiger partial charge in [-0.1, -0.05) is 44.5 Å². The monoisotopic (exact) mass is 885 g/mol. The maximum absolute atomic E-state index is 14.1. The van der Waals surface area contributed by atoms with Crippen LogP contribution in [-0.4, -0.2) is 76.9 Å². The summed E-state index contributed by atoms with van der Waals surface area (Å²) in [5, 5.41) is 17.9. The standard InChI is InChI=1S/C51H63N7O5S/c1-5-62-49-46(27-35-19-24-52-47(35)54-49)63-45-28-36(57-25-22-51(23-26-57)31-58(32-51)44-12-8-11-40(44)39-10-7-6-9-38(39)33(2)3)13-15-41(45)48(59)56-64-37-14-16-42(43(29-37)55-61)53-30-34-17-20-50(4,60)21-18-34/h6-7,9-10,13-16,19,24,27-29,33-34,40,44,53,60H,5,8,11-12,17-18,20-23,25-26,30-32H2,1-4H3,(H,52,54)(H,56,59)/t34-,40-,44-,50-/m1/s1. The molecule has 338 valence electrons. The van der Waals surface area contributed by atoms with Crippen LogP contribution in [0.3, 0.4) is 0 Å². The number of aromatic nitrogens is 2. The van der Waals surface area contributed by atoms with Crippen LogP contribution in [0.1, 0.15) is 119 Å². The van der Waals surface area contributed by atoms with E-state index >= 15 is 0 Å². The van der Waals surface area contributed by atoms with Crippen LogP contribution >= 0.6 is 11.9 Å². The Bertz CT molecular complexity index is 2450. The van der Waals surface area contributed by atoms with Crippen molar-refractivity contribution in [3.05, 3.63) is 101 Å². The maximum atomic E-state index is 14.1. The Morgan fingerprint density at radius 2 is 1.78 bits per heavy atom. The Morgan fingerprint density at radius 3 is 2.55 bits per heavy atom. The van der Waals surface area contributed by atoms with E-state index in [9.17, 15) is 14.8 Å². The molecule has 0 unspecified atom stereocenters. The Balaban J connectivity index is 0.886. The number of rotatable bonds is 15. The first-order valence-electron chi connectivity index (χ1n) is 23.4. The summed E-state index contributed by atoms with van der Waals surface area (Å²) in [6.45, 7) is 13.7. The van der Waals surface area contributed by atoms with Crippen molar-refractivity contribution in [2.45, 2.75) is 114 Å². The zero-order valence-corrected chi connectivity index (χ0v) is 38.5. The summed E-state index contributed by atoms with van der Waals surface area (Å²) in [5.74, 6) is 2.38. The smallest absolute Gasteiger partial charge is 0.265 e. The number of hydrogen-bond donors (Lipinski definition) is 4. The zero-order chi connectivity index (χ0) is 44.4. The first-order chi connectivity index (χ1) is 31.0. The number of aliphatic hydroxyl groups is 1. The molecule has 2 atom stereocenters. The van der Waals surface area contributed by atoms with Crippen molar-refractivity contribution < 1.29 is 19.4 Å². The number of hydrogen-bond acceptors (Lipinski definition) is 11. The van der Waals surface area contributed by atoms with Gasteiger partial charge in [-0.15, -0.1) is 4.91 Å². The molecule has 1 spiro atoms. The molecule has 2 aromatic heterocycles. The van der Waals surface area contributed by atoms with Crippen LogP contribution in [0.2, 0.25) is 0 Å². The highest BCUT2D eigenvalue weighted by Gasteiger charge is 2.49. The molecule has 4 N–H and O–H groups in total. The molecular weight excluding hydrogens is 823 g/mol. The van der Waals surface area contributed by atoms with Gasteiger partial charge in [0.05, 0.1) is 23.5 Å². The number of H-pyrrole nitrogens is 1. The fraction of sp³-hybridized carbons (Fsp3) is 0.490. The second-order valence-corrected chi connectivity index (χ2v) is 20.2. The number of pyridine rings is 1. The first kappa shape index (κ1) is 44.1. The molecule has 1 amide bonds. The summed E-state index contributed by atoms with van der Waals surface area (Å²) in [6.07, 6.45) is 11.3. The number of nitrogens with one attached hydrogen (secondary N) is 3. The highest BCUT2D eigenvalue weighted by Crippen LogP contribution is 2.49. The number of fused-ring (bicyclic) bond motifs is 1. The second-order valence-electron chi connectivity index (χ2n) is 19.3. The van der Waals surface area contributed by atoms with Gasteiger partial charge in [0, 0.05) is 67.0 Å². The Morgan fingerprint density at radius 1 is 0.984 bits per heavy atom. The number of amides is 1. The number of carbonyl (C=O) groups excluding carboxylic acids is 1. The van der Waals surface area contributed by atoms with Gasteiger partial charge < -0.3 is 29.8 Å². The molecule has 4 aliphatic rings. The van der Waals surface area contributed by atoms with E-state index in [0.29, 0.717) is 81.5 Å². The number of likely N-dealkylation sites (tertiary alicyclic amines) is 1. The predicted molar refractivity (Wildman–Crippen MR) is 256 cm³/mol. The molecule has 4 fully saturated rings. The largest absolute Gasteiger partial charge is 0.475 e. The summed E-state index contributed by atoms with van der Waals surface area (Å²) < 4.78 is 15.6. The van der Waals surface area contributed by atoms with Gasteiger partial charge in [-0.05, 0) is 159 Å². The normalized spacial score (nSPS) is 23.3.